The molecule has 1 atom stereocenters. The average molecular weight is 307 g/mol. The molecule has 1 aromatic rings. The number of hydrogen-bond acceptors (Lipinski definition) is 4. The highest BCUT2D eigenvalue weighted by Gasteiger charge is 2.38. The van der Waals surface area contributed by atoms with Gasteiger partial charge in [-0.15, -0.1) is 0 Å². The Labute approximate surface area is 129 Å². The van der Waals surface area contributed by atoms with E-state index in [2.05, 4.69) is 0 Å². The Hall–Kier alpha value is -2.24. The third kappa shape index (κ3) is 3.50. The van der Waals surface area contributed by atoms with Gasteiger partial charge in [0.05, 0.1) is 20.6 Å². The molecular weight excluding hydrogens is 286 g/mol. The number of ether oxygens (including phenoxy) is 2. The molecule has 2 rings (SSSR count). The first kappa shape index (κ1) is 16.1. The molecule has 1 aliphatic rings. The molecule has 1 saturated carbocycles. The number of carbonyl (C=O) groups excluding carboxylic acids is 1. The van der Waals surface area contributed by atoms with Crippen molar-refractivity contribution >= 4 is 11.9 Å². The minimum atomic E-state index is -0.988. The Morgan fingerprint density at radius 3 is 2.50 bits per heavy atom. The third-order valence-corrected chi connectivity index (χ3v) is 3.83. The third-order valence-electron chi connectivity index (χ3n) is 3.83. The van der Waals surface area contributed by atoms with Gasteiger partial charge < -0.3 is 19.5 Å². The molecule has 1 aliphatic carbocycles. The topological polar surface area (TPSA) is 76.1 Å². The van der Waals surface area contributed by atoms with Gasteiger partial charge in [-0.3, -0.25) is 4.79 Å². The van der Waals surface area contributed by atoms with E-state index in [0.29, 0.717) is 17.1 Å². The largest absolute Gasteiger partial charge is 0.497 e. The van der Waals surface area contributed by atoms with Crippen molar-refractivity contribution < 1.29 is 24.2 Å². The number of nitrogens with zero attached hydrogens (tertiary/aromatic N) is 1. The van der Waals surface area contributed by atoms with Gasteiger partial charge >= 0.3 is 5.97 Å². The lowest BCUT2D eigenvalue weighted by Gasteiger charge is -2.26. The van der Waals surface area contributed by atoms with E-state index >= 15 is 0 Å². The molecule has 6 heteroatoms. The monoisotopic (exact) mass is 307 g/mol. The lowest BCUT2D eigenvalue weighted by molar-refractivity contribution is -0.149. The minimum Gasteiger partial charge on any atom is -0.497 e. The van der Waals surface area contributed by atoms with Crippen LogP contribution in [0.1, 0.15) is 25.3 Å². The SMILES string of the molecule is COc1ccc(OC)c(CC(=O)N(C2CC2)C(C)C(=O)O)c1. The molecule has 0 heterocycles. The normalized spacial score (nSPS) is 15.0. The molecule has 1 amide bonds. The summed E-state index contributed by atoms with van der Waals surface area (Å²) in [7, 11) is 3.09. The van der Waals surface area contributed by atoms with Crippen LogP contribution < -0.4 is 9.47 Å². The number of benzene rings is 1. The van der Waals surface area contributed by atoms with Crippen LogP contribution in [-0.2, 0) is 16.0 Å². The lowest BCUT2D eigenvalue weighted by atomic mass is 10.1. The van der Waals surface area contributed by atoms with Crippen molar-refractivity contribution in [2.75, 3.05) is 14.2 Å². The van der Waals surface area contributed by atoms with Crippen LogP contribution in [0.15, 0.2) is 18.2 Å². The highest BCUT2D eigenvalue weighted by atomic mass is 16.5. The van der Waals surface area contributed by atoms with Crippen molar-refractivity contribution in [3.63, 3.8) is 0 Å². The minimum absolute atomic E-state index is 0.0372. The molecule has 0 bridgehead atoms. The molecule has 0 aromatic heterocycles. The van der Waals surface area contributed by atoms with Gasteiger partial charge in [0, 0.05) is 11.6 Å². The van der Waals surface area contributed by atoms with Gasteiger partial charge in [0.25, 0.3) is 0 Å². The van der Waals surface area contributed by atoms with Crippen molar-refractivity contribution in [3.8, 4) is 11.5 Å². The Morgan fingerprint density at radius 2 is 2.00 bits per heavy atom. The van der Waals surface area contributed by atoms with Gasteiger partial charge in [-0.2, -0.15) is 0 Å². The summed E-state index contributed by atoms with van der Waals surface area (Å²) in [4.78, 5) is 25.3. The van der Waals surface area contributed by atoms with E-state index in [9.17, 15) is 14.7 Å². The van der Waals surface area contributed by atoms with E-state index in [-0.39, 0.29) is 18.4 Å². The van der Waals surface area contributed by atoms with Gasteiger partial charge in [0.1, 0.15) is 17.5 Å². The molecule has 6 nitrogen and oxygen atoms in total. The fourth-order valence-electron chi connectivity index (χ4n) is 2.48. The molecule has 1 aromatic carbocycles. The molecule has 22 heavy (non-hydrogen) atoms. The van der Waals surface area contributed by atoms with Crippen LogP contribution in [0.25, 0.3) is 0 Å². The van der Waals surface area contributed by atoms with Crippen LogP contribution in [0.5, 0.6) is 11.5 Å². The molecular formula is C16H21NO5. The zero-order valence-corrected chi connectivity index (χ0v) is 13.0. The Balaban J connectivity index is 2.21. The molecule has 120 valence electrons. The number of carboxylic acids is 1. The van der Waals surface area contributed by atoms with Gasteiger partial charge in [-0.25, -0.2) is 4.79 Å². The molecule has 1 fully saturated rings. The summed E-state index contributed by atoms with van der Waals surface area (Å²) in [6.07, 6.45) is 1.81. The first-order valence-electron chi connectivity index (χ1n) is 7.22. The number of aliphatic carboxylic acids is 1. The Morgan fingerprint density at radius 1 is 1.32 bits per heavy atom. The van der Waals surface area contributed by atoms with Crippen molar-refractivity contribution in [1.82, 2.24) is 4.90 Å². The lowest BCUT2D eigenvalue weighted by Crippen LogP contribution is -2.45. The summed E-state index contributed by atoms with van der Waals surface area (Å²) < 4.78 is 10.4. The predicted octanol–water partition coefficient (Wildman–Crippen LogP) is 1.71. The van der Waals surface area contributed by atoms with Crippen LogP contribution >= 0.6 is 0 Å². The van der Waals surface area contributed by atoms with Crippen LogP contribution in [-0.4, -0.2) is 48.2 Å². The number of amides is 1. The standard InChI is InChI=1S/C16H21NO5/c1-10(16(19)20)17(12-4-5-12)15(18)9-11-8-13(21-2)6-7-14(11)22-3/h6-8,10,12H,4-5,9H2,1-3H3,(H,19,20). The van der Waals surface area contributed by atoms with Gasteiger partial charge in [0.2, 0.25) is 5.91 Å². The number of hydrogen-bond donors (Lipinski definition) is 1. The zero-order valence-electron chi connectivity index (χ0n) is 13.0. The van der Waals surface area contributed by atoms with Crippen LogP contribution in [0.2, 0.25) is 0 Å². The number of carbonyl (C=O) groups is 2. The molecule has 1 unspecified atom stereocenters. The van der Waals surface area contributed by atoms with E-state index in [0.717, 1.165) is 12.8 Å². The maximum Gasteiger partial charge on any atom is 0.326 e. The maximum atomic E-state index is 12.6. The van der Waals surface area contributed by atoms with Gasteiger partial charge in [0.15, 0.2) is 0 Å². The van der Waals surface area contributed by atoms with E-state index in [1.807, 2.05) is 0 Å². The fourth-order valence-corrected chi connectivity index (χ4v) is 2.48. The predicted molar refractivity (Wildman–Crippen MR) is 80.2 cm³/mol. The summed E-state index contributed by atoms with van der Waals surface area (Å²) in [5.74, 6) is 0.0301. The number of rotatable bonds is 7. The first-order chi connectivity index (χ1) is 10.5. The molecule has 1 N–H and O–H groups in total. The smallest absolute Gasteiger partial charge is 0.326 e. The van der Waals surface area contributed by atoms with Crippen molar-refractivity contribution in [1.29, 1.82) is 0 Å². The fraction of sp³-hybridized carbons (Fsp3) is 0.500. The quantitative estimate of drug-likeness (QED) is 0.830. The van der Waals surface area contributed by atoms with Crippen LogP contribution in [0, 0.1) is 0 Å². The summed E-state index contributed by atoms with van der Waals surface area (Å²) in [6.45, 7) is 1.54. The van der Waals surface area contributed by atoms with Crippen LogP contribution in [0.3, 0.4) is 0 Å². The van der Waals surface area contributed by atoms with Crippen molar-refractivity contribution in [3.05, 3.63) is 23.8 Å². The highest BCUT2D eigenvalue weighted by Crippen LogP contribution is 2.31. The second kappa shape index (κ2) is 6.68. The van der Waals surface area contributed by atoms with Crippen LogP contribution in [0.4, 0.5) is 0 Å². The molecule has 0 aliphatic heterocycles. The molecule has 0 spiro atoms. The average Bonchev–Trinajstić information content (AvgIpc) is 3.31. The number of methoxy groups -OCH3 is 2. The zero-order chi connectivity index (χ0) is 16.3. The molecule has 0 saturated heterocycles. The van der Waals surface area contributed by atoms with E-state index in [1.54, 1.807) is 32.2 Å². The van der Waals surface area contributed by atoms with Crippen molar-refractivity contribution in [2.45, 2.75) is 38.3 Å². The van der Waals surface area contributed by atoms with Gasteiger partial charge in [-0.05, 0) is 38.0 Å². The van der Waals surface area contributed by atoms with Gasteiger partial charge in [-0.1, -0.05) is 0 Å². The van der Waals surface area contributed by atoms with E-state index in [4.69, 9.17) is 9.47 Å². The maximum absolute atomic E-state index is 12.6. The Kier molecular flexibility index (Phi) is 4.90. The highest BCUT2D eigenvalue weighted by molar-refractivity contribution is 5.85. The summed E-state index contributed by atoms with van der Waals surface area (Å²) in [5, 5.41) is 9.19. The summed E-state index contributed by atoms with van der Waals surface area (Å²) >= 11 is 0. The van der Waals surface area contributed by atoms with E-state index in [1.165, 1.54) is 12.0 Å². The second-order valence-corrected chi connectivity index (χ2v) is 5.40. The van der Waals surface area contributed by atoms with E-state index < -0.39 is 12.0 Å². The van der Waals surface area contributed by atoms with Crippen molar-refractivity contribution in [2.24, 2.45) is 0 Å². The summed E-state index contributed by atoms with van der Waals surface area (Å²) in [5.41, 5.74) is 0.690. The Bertz CT molecular complexity index is 568. The first-order valence-corrected chi connectivity index (χ1v) is 7.22. The number of carboxylic acid groups (broad SMARTS) is 1. The summed E-state index contributed by atoms with van der Waals surface area (Å²) in [6, 6.07) is 4.45. The second-order valence-electron chi connectivity index (χ2n) is 5.40. The molecule has 0 radical (unpaired) electrons.